The Hall–Kier alpha value is -1.97. The lowest BCUT2D eigenvalue weighted by Crippen LogP contribution is -2.41. The number of pyridine rings is 1. The van der Waals surface area contributed by atoms with Crippen LogP contribution in [-0.2, 0) is 9.84 Å². The molecule has 1 N–H and O–H groups in total. The fourth-order valence-electron chi connectivity index (χ4n) is 3.39. The van der Waals surface area contributed by atoms with Gasteiger partial charge in [0, 0.05) is 24.7 Å². The van der Waals surface area contributed by atoms with Crippen LogP contribution in [0, 0.1) is 23.4 Å². The molecule has 2 aromatic rings. The maximum absolute atomic E-state index is 14.5. The Labute approximate surface area is 161 Å². The van der Waals surface area contributed by atoms with Crippen molar-refractivity contribution in [1.29, 1.82) is 0 Å². The summed E-state index contributed by atoms with van der Waals surface area (Å²) in [5, 5.41) is 9.57. The van der Waals surface area contributed by atoms with Crippen LogP contribution in [0.4, 0.5) is 13.2 Å². The lowest BCUT2D eigenvalue weighted by molar-refractivity contribution is -0.00127. The second-order valence-corrected chi connectivity index (χ2v) is 9.05. The number of hydrogen-bond donors (Lipinski definition) is 1. The van der Waals surface area contributed by atoms with Gasteiger partial charge in [-0.1, -0.05) is 0 Å². The summed E-state index contributed by atoms with van der Waals surface area (Å²) in [4.78, 5) is 5.23. The maximum atomic E-state index is 14.5. The van der Waals surface area contributed by atoms with Crippen molar-refractivity contribution in [3.05, 3.63) is 47.9 Å². The molecule has 1 saturated heterocycles. The zero-order valence-electron chi connectivity index (χ0n) is 15.3. The third kappa shape index (κ3) is 4.53. The van der Waals surface area contributed by atoms with Crippen molar-refractivity contribution in [2.24, 2.45) is 5.92 Å². The van der Waals surface area contributed by atoms with E-state index in [-0.39, 0.29) is 27.8 Å². The van der Waals surface area contributed by atoms with Gasteiger partial charge in [0.25, 0.3) is 0 Å². The van der Waals surface area contributed by atoms with E-state index in [2.05, 4.69) is 4.98 Å². The summed E-state index contributed by atoms with van der Waals surface area (Å²) in [5.41, 5.74) is -0.616. The summed E-state index contributed by atoms with van der Waals surface area (Å²) in [6, 6.07) is 3.79. The Balaban J connectivity index is 1.77. The largest absolute Gasteiger partial charge is 0.379 e. The Bertz CT molecular complexity index is 959. The quantitative estimate of drug-likeness (QED) is 0.815. The SMILES string of the molecule is CC(O)N1CCC(CS(=O)(=O)c2ccc(-c3ncc(F)cc3F)c(F)c2)CC1. The first-order chi connectivity index (χ1) is 13.2. The summed E-state index contributed by atoms with van der Waals surface area (Å²) < 4.78 is 66.6. The van der Waals surface area contributed by atoms with Gasteiger partial charge < -0.3 is 5.11 Å². The molecule has 0 bridgehead atoms. The third-order valence-electron chi connectivity index (χ3n) is 5.00. The summed E-state index contributed by atoms with van der Waals surface area (Å²) in [7, 11) is -3.73. The van der Waals surface area contributed by atoms with Crippen LogP contribution in [0.5, 0.6) is 0 Å². The van der Waals surface area contributed by atoms with Crippen LogP contribution >= 0.6 is 0 Å². The smallest absolute Gasteiger partial charge is 0.178 e. The fraction of sp³-hybridized carbons (Fsp3) is 0.421. The molecule has 0 amide bonds. The average molecular weight is 414 g/mol. The van der Waals surface area contributed by atoms with E-state index in [1.54, 1.807) is 6.92 Å². The predicted octanol–water partition coefficient (Wildman–Crippen LogP) is 2.99. The molecular weight excluding hydrogens is 393 g/mol. The van der Waals surface area contributed by atoms with Crippen LogP contribution in [0.15, 0.2) is 35.4 Å². The van der Waals surface area contributed by atoms with E-state index in [0.29, 0.717) is 32.0 Å². The van der Waals surface area contributed by atoms with Crippen molar-refractivity contribution in [3.63, 3.8) is 0 Å². The van der Waals surface area contributed by atoms with Gasteiger partial charge in [-0.15, -0.1) is 0 Å². The number of benzene rings is 1. The second kappa shape index (κ2) is 8.18. The van der Waals surface area contributed by atoms with Crippen LogP contribution in [-0.4, -0.2) is 48.5 Å². The van der Waals surface area contributed by atoms with Gasteiger partial charge in [0.2, 0.25) is 0 Å². The van der Waals surface area contributed by atoms with Crippen LogP contribution < -0.4 is 0 Å². The Morgan fingerprint density at radius 1 is 1.18 bits per heavy atom. The van der Waals surface area contributed by atoms with Gasteiger partial charge in [-0.3, -0.25) is 9.88 Å². The van der Waals surface area contributed by atoms with Gasteiger partial charge in [-0.25, -0.2) is 21.6 Å². The number of piperidine rings is 1. The van der Waals surface area contributed by atoms with E-state index in [0.717, 1.165) is 18.3 Å². The second-order valence-electron chi connectivity index (χ2n) is 7.02. The molecule has 0 radical (unpaired) electrons. The Morgan fingerprint density at radius 2 is 1.86 bits per heavy atom. The van der Waals surface area contributed by atoms with E-state index in [1.807, 2.05) is 4.90 Å². The maximum Gasteiger partial charge on any atom is 0.178 e. The number of aromatic nitrogens is 1. The summed E-state index contributed by atoms with van der Waals surface area (Å²) in [6.07, 6.45) is 1.44. The van der Waals surface area contributed by atoms with Crippen molar-refractivity contribution < 1.29 is 26.7 Å². The zero-order chi connectivity index (χ0) is 20.5. The molecule has 5 nitrogen and oxygen atoms in total. The third-order valence-corrected chi connectivity index (χ3v) is 6.88. The molecule has 1 aliphatic heterocycles. The lowest BCUT2D eigenvalue weighted by Gasteiger charge is -2.33. The molecule has 2 heterocycles. The highest BCUT2D eigenvalue weighted by Crippen LogP contribution is 2.28. The summed E-state index contributed by atoms with van der Waals surface area (Å²) in [5.74, 6) is -3.06. The van der Waals surface area contributed by atoms with Crippen molar-refractivity contribution >= 4 is 9.84 Å². The fourth-order valence-corrected chi connectivity index (χ4v) is 5.10. The van der Waals surface area contributed by atoms with E-state index < -0.39 is 33.5 Å². The molecular formula is C19H21F3N2O3S. The minimum absolute atomic E-state index is 0.0843. The van der Waals surface area contributed by atoms with Crippen LogP contribution in [0.2, 0.25) is 0 Å². The first-order valence-corrected chi connectivity index (χ1v) is 10.6. The molecule has 1 unspecified atom stereocenters. The van der Waals surface area contributed by atoms with Gasteiger partial charge in [-0.2, -0.15) is 0 Å². The number of hydrogen-bond acceptors (Lipinski definition) is 5. The van der Waals surface area contributed by atoms with E-state index >= 15 is 0 Å². The van der Waals surface area contributed by atoms with Crippen molar-refractivity contribution in [2.75, 3.05) is 18.8 Å². The van der Waals surface area contributed by atoms with Gasteiger partial charge in [0.05, 0.1) is 16.8 Å². The molecule has 28 heavy (non-hydrogen) atoms. The standard InChI is InChI=1S/C19H21F3N2O3S/c1-12(25)24-6-4-13(5-7-24)11-28(26,27)15-2-3-16(17(21)9-15)19-18(22)8-14(20)10-23-19/h2-3,8-10,12-13,25H,4-7,11H2,1H3. The number of sulfone groups is 1. The van der Waals surface area contributed by atoms with Crippen molar-refractivity contribution in [2.45, 2.75) is 30.9 Å². The van der Waals surface area contributed by atoms with E-state index in [9.17, 15) is 26.7 Å². The molecule has 0 aliphatic carbocycles. The zero-order valence-corrected chi connectivity index (χ0v) is 16.1. The number of aliphatic hydroxyl groups is 1. The van der Waals surface area contributed by atoms with Gasteiger partial charge >= 0.3 is 0 Å². The monoisotopic (exact) mass is 414 g/mol. The number of likely N-dealkylation sites (tertiary alicyclic amines) is 1. The molecule has 0 saturated carbocycles. The normalized spacial score (nSPS) is 17.6. The first kappa shape index (κ1) is 20.8. The molecule has 1 atom stereocenters. The molecule has 1 aliphatic rings. The lowest BCUT2D eigenvalue weighted by atomic mass is 9.99. The number of halogens is 3. The van der Waals surface area contributed by atoms with Crippen LogP contribution in [0.25, 0.3) is 11.3 Å². The number of aliphatic hydroxyl groups excluding tert-OH is 1. The minimum atomic E-state index is -3.73. The highest BCUT2D eigenvalue weighted by Gasteiger charge is 2.27. The topological polar surface area (TPSA) is 70.5 Å². The van der Waals surface area contributed by atoms with Crippen LogP contribution in [0.3, 0.4) is 0 Å². The Kier molecular flexibility index (Phi) is 6.07. The number of rotatable bonds is 5. The van der Waals surface area contributed by atoms with Crippen molar-refractivity contribution in [1.82, 2.24) is 9.88 Å². The molecule has 1 fully saturated rings. The summed E-state index contributed by atoms with van der Waals surface area (Å²) >= 11 is 0. The van der Waals surface area contributed by atoms with Gasteiger partial charge in [0.15, 0.2) is 15.7 Å². The highest BCUT2D eigenvalue weighted by molar-refractivity contribution is 7.91. The molecule has 1 aromatic heterocycles. The predicted molar refractivity (Wildman–Crippen MR) is 97.6 cm³/mol. The van der Waals surface area contributed by atoms with Crippen LogP contribution in [0.1, 0.15) is 19.8 Å². The number of nitrogens with zero attached hydrogens (tertiary/aromatic N) is 2. The highest BCUT2D eigenvalue weighted by atomic mass is 32.2. The molecule has 9 heteroatoms. The van der Waals surface area contributed by atoms with E-state index in [1.165, 1.54) is 6.07 Å². The van der Waals surface area contributed by atoms with Crippen molar-refractivity contribution in [3.8, 4) is 11.3 Å². The summed E-state index contributed by atoms with van der Waals surface area (Å²) in [6.45, 7) is 2.86. The molecule has 3 rings (SSSR count). The van der Waals surface area contributed by atoms with E-state index in [4.69, 9.17) is 0 Å². The average Bonchev–Trinajstić information content (AvgIpc) is 2.62. The Morgan fingerprint density at radius 3 is 2.43 bits per heavy atom. The molecule has 1 aromatic carbocycles. The molecule has 152 valence electrons. The minimum Gasteiger partial charge on any atom is -0.379 e. The van der Waals surface area contributed by atoms with Gasteiger partial charge in [-0.05, 0) is 43.9 Å². The first-order valence-electron chi connectivity index (χ1n) is 8.93. The molecule has 0 spiro atoms. The van der Waals surface area contributed by atoms with Gasteiger partial charge in [0.1, 0.15) is 23.6 Å².